The molecule has 0 spiro atoms. The highest BCUT2D eigenvalue weighted by Crippen LogP contribution is 2.37. The number of carbonyl (C=O) groups is 1. The fraction of sp³-hybridized carbons (Fsp3) is 0.543. The molecule has 11 heteroatoms. The van der Waals surface area contributed by atoms with E-state index in [2.05, 4.69) is 45.0 Å². The van der Waals surface area contributed by atoms with Crippen molar-refractivity contribution >= 4 is 40.0 Å². The fourth-order valence-electron chi connectivity index (χ4n) is 6.80. The highest BCUT2D eigenvalue weighted by Gasteiger charge is 2.36. The summed E-state index contributed by atoms with van der Waals surface area (Å²) in [5, 5.41) is 12.5. The van der Waals surface area contributed by atoms with Crippen molar-refractivity contribution in [3.05, 3.63) is 52.7 Å². The molecule has 0 saturated carbocycles. The number of ether oxygens (including phenoxy) is 2. The van der Waals surface area contributed by atoms with Crippen LogP contribution in [0.3, 0.4) is 0 Å². The molecule has 3 aliphatic rings. The molecule has 0 unspecified atom stereocenters. The van der Waals surface area contributed by atoms with E-state index in [1.807, 2.05) is 32.9 Å². The zero-order valence-corrected chi connectivity index (χ0v) is 27.9. The van der Waals surface area contributed by atoms with Crippen LogP contribution in [0, 0.1) is 11.3 Å². The Balaban J connectivity index is 1.29. The van der Waals surface area contributed by atoms with Crippen LogP contribution < -0.4 is 14.5 Å². The minimum absolute atomic E-state index is 0.206. The van der Waals surface area contributed by atoms with Gasteiger partial charge in [0, 0.05) is 49.4 Å². The lowest BCUT2D eigenvalue weighted by atomic mass is 10.0. The van der Waals surface area contributed by atoms with Crippen LogP contribution in [0.4, 0.5) is 16.3 Å². The number of aromatic nitrogens is 2. The largest absolute Gasteiger partial charge is 0.462 e. The minimum Gasteiger partial charge on any atom is -0.462 e. The summed E-state index contributed by atoms with van der Waals surface area (Å²) in [5.74, 6) is 0.834. The summed E-state index contributed by atoms with van der Waals surface area (Å²) in [4.78, 5) is 31.7. The van der Waals surface area contributed by atoms with Gasteiger partial charge >= 0.3 is 12.1 Å². The van der Waals surface area contributed by atoms with Crippen molar-refractivity contribution in [1.29, 1.82) is 5.26 Å². The number of amides is 1. The summed E-state index contributed by atoms with van der Waals surface area (Å²) in [6.45, 7) is 12.0. The van der Waals surface area contributed by atoms with Gasteiger partial charge in [-0.2, -0.15) is 15.2 Å². The van der Waals surface area contributed by atoms with Gasteiger partial charge in [-0.25, -0.2) is 4.79 Å². The Morgan fingerprint density at radius 1 is 1.02 bits per heavy atom. The van der Waals surface area contributed by atoms with Crippen molar-refractivity contribution in [2.45, 2.75) is 71.1 Å². The number of piperazine rings is 1. The van der Waals surface area contributed by atoms with Gasteiger partial charge < -0.3 is 24.2 Å². The Hall–Kier alpha value is -3.81. The first-order chi connectivity index (χ1) is 22.2. The lowest BCUT2D eigenvalue weighted by Gasteiger charge is -2.42. The standard InChI is InChI=1S/C35H44ClN7O3/c1-35(2,3)46-34(44)43-20-19-42(23-26(43)13-15-37)32-27-14-18-41(30-12-8-10-25-9-7-11-28(36)31(25)30)24-29(27)38-33(39-32)45-22-21-40-16-5-4-6-17-40/h7-12,26H,4-6,13-14,16-24H2,1-3H3/t26-/m0/s1. The number of halogens is 1. The van der Waals surface area contributed by atoms with E-state index in [4.69, 9.17) is 31.0 Å². The van der Waals surface area contributed by atoms with E-state index in [0.717, 1.165) is 71.2 Å². The second-order valence-electron chi connectivity index (χ2n) is 13.4. The van der Waals surface area contributed by atoms with Crippen LogP contribution in [0.15, 0.2) is 36.4 Å². The molecule has 244 valence electrons. The lowest BCUT2D eigenvalue weighted by molar-refractivity contribution is 0.0144. The van der Waals surface area contributed by atoms with Crippen molar-refractivity contribution in [3.8, 4) is 12.1 Å². The second kappa shape index (κ2) is 13.9. The molecule has 0 N–H and O–H groups in total. The van der Waals surface area contributed by atoms with Gasteiger partial charge in [0.2, 0.25) is 0 Å². The van der Waals surface area contributed by atoms with E-state index in [-0.39, 0.29) is 18.6 Å². The number of carbonyl (C=O) groups excluding carboxylic acids is 1. The van der Waals surface area contributed by atoms with Crippen LogP contribution >= 0.6 is 11.6 Å². The van der Waals surface area contributed by atoms with Crippen molar-refractivity contribution in [1.82, 2.24) is 19.8 Å². The summed E-state index contributed by atoms with van der Waals surface area (Å²) in [5.41, 5.74) is 2.49. The maximum absolute atomic E-state index is 13.1. The molecule has 4 heterocycles. The average molecular weight is 646 g/mol. The summed E-state index contributed by atoms with van der Waals surface area (Å²) >= 11 is 6.72. The summed E-state index contributed by atoms with van der Waals surface area (Å²) in [7, 11) is 0. The number of likely N-dealkylation sites (tertiary alicyclic amines) is 1. The summed E-state index contributed by atoms with van der Waals surface area (Å²) in [6, 6.07) is 14.6. The van der Waals surface area contributed by atoms with E-state index < -0.39 is 5.60 Å². The molecular weight excluding hydrogens is 602 g/mol. The summed E-state index contributed by atoms with van der Waals surface area (Å²) in [6.07, 6.45) is 4.32. The molecule has 3 aromatic rings. The highest BCUT2D eigenvalue weighted by atomic mass is 35.5. The molecule has 0 aliphatic carbocycles. The Morgan fingerprint density at radius 2 is 1.80 bits per heavy atom. The smallest absolute Gasteiger partial charge is 0.410 e. The van der Waals surface area contributed by atoms with Crippen LogP contribution in [0.5, 0.6) is 6.01 Å². The molecule has 2 aromatic carbocycles. The van der Waals surface area contributed by atoms with Crippen molar-refractivity contribution in [2.24, 2.45) is 0 Å². The van der Waals surface area contributed by atoms with Crippen LogP contribution in [-0.2, 0) is 17.7 Å². The summed E-state index contributed by atoms with van der Waals surface area (Å²) < 4.78 is 11.9. The van der Waals surface area contributed by atoms with Crippen molar-refractivity contribution in [2.75, 3.05) is 62.2 Å². The number of nitriles is 1. The molecule has 2 fully saturated rings. The monoisotopic (exact) mass is 645 g/mol. The normalized spacial score (nSPS) is 19.1. The molecule has 46 heavy (non-hydrogen) atoms. The number of rotatable bonds is 7. The highest BCUT2D eigenvalue weighted by molar-refractivity contribution is 6.36. The van der Waals surface area contributed by atoms with E-state index in [1.165, 1.54) is 19.3 Å². The third kappa shape index (κ3) is 7.26. The number of piperidine rings is 1. The SMILES string of the molecule is CC(C)(C)OC(=O)N1CCN(c2nc(OCCN3CCCCC3)nc3c2CCN(c2cccc4cccc(Cl)c24)C3)C[C@@H]1CC#N. The first-order valence-electron chi connectivity index (χ1n) is 16.5. The van der Waals surface area contributed by atoms with Gasteiger partial charge in [0.15, 0.2) is 0 Å². The molecule has 1 amide bonds. The van der Waals surface area contributed by atoms with Gasteiger partial charge in [-0.05, 0) is 70.6 Å². The van der Waals surface area contributed by atoms with E-state index in [9.17, 15) is 10.1 Å². The number of benzene rings is 2. The van der Waals surface area contributed by atoms with Crippen LogP contribution in [0.2, 0.25) is 5.02 Å². The predicted octanol–water partition coefficient (Wildman–Crippen LogP) is 6.05. The number of hydrogen-bond acceptors (Lipinski definition) is 9. The first kappa shape index (κ1) is 32.1. The molecule has 1 atom stereocenters. The van der Waals surface area contributed by atoms with Gasteiger partial charge in [0.25, 0.3) is 0 Å². The predicted molar refractivity (Wildman–Crippen MR) is 181 cm³/mol. The molecule has 0 radical (unpaired) electrons. The van der Waals surface area contributed by atoms with Crippen molar-refractivity contribution in [3.63, 3.8) is 0 Å². The molecule has 6 rings (SSSR count). The second-order valence-corrected chi connectivity index (χ2v) is 13.8. The van der Waals surface area contributed by atoms with Gasteiger partial charge in [-0.3, -0.25) is 4.90 Å². The Morgan fingerprint density at radius 3 is 2.57 bits per heavy atom. The molecule has 3 aliphatic heterocycles. The Kier molecular flexibility index (Phi) is 9.71. The van der Waals surface area contributed by atoms with Gasteiger partial charge in [0.1, 0.15) is 18.0 Å². The molecule has 2 saturated heterocycles. The Bertz CT molecular complexity index is 1590. The van der Waals surface area contributed by atoms with Gasteiger partial charge in [0.05, 0.1) is 35.8 Å². The zero-order valence-electron chi connectivity index (χ0n) is 27.2. The lowest BCUT2D eigenvalue weighted by Crippen LogP contribution is -2.56. The zero-order chi connectivity index (χ0) is 32.3. The maximum atomic E-state index is 13.1. The molecule has 10 nitrogen and oxygen atoms in total. The van der Waals surface area contributed by atoms with E-state index >= 15 is 0 Å². The molecule has 0 bridgehead atoms. The number of nitrogens with zero attached hydrogens (tertiary/aromatic N) is 7. The quantitative estimate of drug-likeness (QED) is 0.304. The van der Waals surface area contributed by atoms with E-state index in [1.54, 1.807) is 4.90 Å². The third-order valence-electron chi connectivity index (χ3n) is 9.02. The van der Waals surface area contributed by atoms with E-state index in [0.29, 0.717) is 38.8 Å². The topological polar surface area (TPSA) is 98.1 Å². The number of fused-ring (bicyclic) bond motifs is 2. The third-order valence-corrected chi connectivity index (χ3v) is 9.33. The first-order valence-corrected chi connectivity index (χ1v) is 16.9. The van der Waals surface area contributed by atoms with Crippen LogP contribution in [0.25, 0.3) is 10.8 Å². The molecular formula is C35H44ClN7O3. The maximum Gasteiger partial charge on any atom is 0.410 e. The number of anilines is 2. The molecule has 1 aromatic heterocycles. The Labute approximate surface area is 276 Å². The fourth-order valence-corrected chi connectivity index (χ4v) is 7.08. The minimum atomic E-state index is -0.613. The number of hydrogen-bond donors (Lipinski definition) is 0. The van der Waals surface area contributed by atoms with Gasteiger partial charge in [-0.1, -0.05) is 42.3 Å². The van der Waals surface area contributed by atoms with Gasteiger partial charge in [-0.15, -0.1) is 0 Å². The van der Waals surface area contributed by atoms with Crippen LogP contribution in [0.1, 0.15) is 57.7 Å². The average Bonchev–Trinajstić information content (AvgIpc) is 3.04. The van der Waals surface area contributed by atoms with Crippen LogP contribution in [-0.4, -0.2) is 89.9 Å². The van der Waals surface area contributed by atoms with Crippen molar-refractivity contribution < 1.29 is 14.3 Å².